The van der Waals surface area contributed by atoms with E-state index in [2.05, 4.69) is 25.9 Å². The fraction of sp³-hybridized carbons (Fsp3) is 0.286. The van der Waals surface area contributed by atoms with E-state index in [1.54, 1.807) is 4.90 Å². The van der Waals surface area contributed by atoms with Gasteiger partial charge >= 0.3 is 0 Å². The van der Waals surface area contributed by atoms with E-state index in [-0.39, 0.29) is 17.6 Å². The van der Waals surface area contributed by atoms with E-state index in [4.69, 9.17) is 4.74 Å². The summed E-state index contributed by atoms with van der Waals surface area (Å²) in [4.78, 5) is 23.8. The second-order valence-electron chi connectivity index (χ2n) is 6.88. The quantitative estimate of drug-likeness (QED) is 0.590. The molecular formula is C21H19BrFN3O2. The molecule has 1 aromatic heterocycles. The van der Waals surface area contributed by atoms with Crippen LogP contribution in [-0.2, 0) is 4.74 Å². The molecule has 0 saturated carbocycles. The molecule has 4 rings (SSSR count). The van der Waals surface area contributed by atoms with Crippen LogP contribution in [0.1, 0.15) is 33.4 Å². The number of carbonyl (C=O) groups excluding carboxylic acids is 1. The highest BCUT2D eigenvalue weighted by molar-refractivity contribution is 9.10. The first-order chi connectivity index (χ1) is 13.4. The molecule has 1 aliphatic heterocycles. The van der Waals surface area contributed by atoms with E-state index < -0.39 is 5.82 Å². The number of amides is 1. The van der Waals surface area contributed by atoms with E-state index in [1.807, 2.05) is 38.1 Å². The Hall–Kier alpha value is -2.38. The van der Waals surface area contributed by atoms with Crippen LogP contribution in [0.4, 0.5) is 4.39 Å². The molecule has 0 N–H and O–H groups in total. The molecule has 2 heterocycles. The normalized spacial score (nSPS) is 17.1. The molecule has 0 bridgehead atoms. The van der Waals surface area contributed by atoms with E-state index >= 15 is 0 Å². The third-order valence-electron chi connectivity index (χ3n) is 4.97. The van der Waals surface area contributed by atoms with Gasteiger partial charge in [0.15, 0.2) is 0 Å². The maximum absolute atomic E-state index is 14.2. The number of benzene rings is 2. The largest absolute Gasteiger partial charge is 0.370 e. The molecule has 7 heteroatoms. The molecule has 1 atom stereocenters. The number of halogens is 2. The second-order valence-corrected chi connectivity index (χ2v) is 7.79. The van der Waals surface area contributed by atoms with Crippen LogP contribution in [0.2, 0.25) is 0 Å². The average Bonchev–Trinajstić information content (AvgIpc) is 2.69. The number of nitrogens with zero attached hydrogens (tertiary/aromatic N) is 3. The van der Waals surface area contributed by atoms with Crippen molar-refractivity contribution < 1.29 is 13.9 Å². The highest BCUT2D eigenvalue weighted by atomic mass is 79.9. The molecule has 0 spiro atoms. The van der Waals surface area contributed by atoms with Gasteiger partial charge in [0.2, 0.25) is 0 Å². The van der Waals surface area contributed by atoms with Crippen molar-refractivity contribution in [2.24, 2.45) is 0 Å². The summed E-state index contributed by atoms with van der Waals surface area (Å²) in [6.07, 6.45) is -0.222. The van der Waals surface area contributed by atoms with Crippen molar-refractivity contribution >= 4 is 32.9 Å². The van der Waals surface area contributed by atoms with Crippen LogP contribution in [0.3, 0.4) is 0 Å². The summed E-state index contributed by atoms with van der Waals surface area (Å²) in [5.41, 5.74) is 3.50. The summed E-state index contributed by atoms with van der Waals surface area (Å²) in [5, 5.41) is 0. The minimum Gasteiger partial charge on any atom is -0.370 e. The smallest absolute Gasteiger partial charge is 0.256 e. The third kappa shape index (κ3) is 3.64. The predicted molar refractivity (Wildman–Crippen MR) is 108 cm³/mol. The molecule has 1 unspecified atom stereocenters. The molecule has 1 fully saturated rings. The number of morpholine rings is 1. The molecule has 1 saturated heterocycles. The predicted octanol–water partition coefficient (Wildman–Crippen LogP) is 4.36. The molecule has 0 radical (unpaired) electrons. The van der Waals surface area contributed by atoms with Crippen LogP contribution >= 0.6 is 15.9 Å². The number of aryl methyl sites for hydroxylation is 2. The number of hydrogen-bond donors (Lipinski definition) is 0. The van der Waals surface area contributed by atoms with Gasteiger partial charge < -0.3 is 9.64 Å². The summed E-state index contributed by atoms with van der Waals surface area (Å²) >= 11 is 3.42. The highest BCUT2D eigenvalue weighted by Crippen LogP contribution is 2.26. The third-order valence-corrected chi connectivity index (χ3v) is 5.50. The maximum Gasteiger partial charge on any atom is 0.256 e. The van der Waals surface area contributed by atoms with E-state index in [0.29, 0.717) is 30.7 Å². The fourth-order valence-electron chi connectivity index (χ4n) is 3.34. The van der Waals surface area contributed by atoms with Crippen LogP contribution in [-0.4, -0.2) is 40.5 Å². The lowest BCUT2D eigenvalue weighted by Gasteiger charge is -2.33. The van der Waals surface area contributed by atoms with Gasteiger partial charge in [-0.05, 0) is 37.6 Å². The summed E-state index contributed by atoms with van der Waals surface area (Å²) in [6.45, 7) is 4.92. The minimum absolute atomic E-state index is 0.222. The number of ether oxygens (including phenoxy) is 1. The van der Waals surface area contributed by atoms with Gasteiger partial charge in [-0.3, -0.25) is 4.79 Å². The fourth-order valence-corrected chi connectivity index (χ4v) is 3.61. The standard InChI is InChI=1S/C21H19BrFN3O2/c1-12-13(2)25-20-17(9-16(23)10-18(20)24-12)21(27)26-7-8-28-19(11-26)14-3-5-15(22)6-4-14/h3-6,9-10,19H,7-8,11H2,1-2H3. The Morgan fingerprint density at radius 3 is 2.64 bits per heavy atom. The molecule has 0 aliphatic carbocycles. The van der Waals surface area contributed by atoms with E-state index in [9.17, 15) is 9.18 Å². The van der Waals surface area contributed by atoms with Gasteiger partial charge in [-0.2, -0.15) is 0 Å². The Bertz CT molecular complexity index is 1060. The Balaban J connectivity index is 1.67. The maximum atomic E-state index is 14.2. The van der Waals surface area contributed by atoms with Crippen LogP contribution in [0.5, 0.6) is 0 Å². The van der Waals surface area contributed by atoms with Crippen molar-refractivity contribution in [2.75, 3.05) is 19.7 Å². The average molecular weight is 444 g/mol. The van der Waals surface area contributed by atoms with Crippen molar-refractivity contribution in [3.8, 4) is 0 Å². The van der Waals surface area contributed by atoms with Gasteiger partial charge in [0.25, 0.3) is 5.91 Å². The molecule has 5 nitrogen and oxygen atoms in total. The Morgan fingerprint density at radius 1 is 1.18 bits per heavy atom. The topological polar surface area (TPSA) is 55.3 Å². The van der Waals surface area contributed by atoms with Crippen LogP contribution in [0, 0.1) is 19.7 Å². The lowest BCUT2D eigenvalue weighted by Crippen LogP contribution is -2.42. The Morgan fingerprint density at radius 2 is 1.89 bits per heavy atom. The molecule has 2 aromatic carbocycles. The zero-order chi connectivity index (χ0) is 19.8. The molecular weight excluding hydrogens is 425 g/mol. The van der Waals surface area contributed by atoms with Crippen molar-refractivity contribution in [3.05, 3.63) is 69.2 Å². The summed E-state index contributed by atoms with van der Waals surface area (Å²) in [7, 11) is 0. The zero-order valence-corrected chi connectivity index (χ0v) is 17.2. The van der Waals surface area contributed by atoms with Gasteiger partial charge in [-0.15, -0.1) is 0 Å². The Labute approximate surface area is 170 Å². The van der Waals surface area contributed by atoms with Crippen molar-refractivity contribution in [1.29, 1.82) is 0 Å². The van der Waals surface area contributed by atoms with Gasteiger partial charge in [-0.25, -0.2) is 14.4 Å². The first kappa shape index (κ1) is 19.0. The molecule has 3 aromatic rings. The van der Waals surface area contributed by atoms with Gasteiger partial charge in [0, 0.05) is 17.1 Å². The van der Waals surface area contributed by atoms with Crippen molar-refractivity contribution in [2.45, 2.75) is 20.0 Å². The molecule has 28 heavy (non-hydrogen) atoms. The van der Waals surface area contributed by atoms with E-state index in [1.165, 1.54) is 12.1 Å². The monoisotopic (exact) mass is 443 g/mol. The summed E-state index contributed by atoms with van der Waals surface area (Å²) < 4.78 is 21.0. The first-order valence-corrected chi connectivity index (χ1v) is 9.82. The number of carbonyl (C=O) groups is 1. The lowest BCUT2D eigenvalue weighted by atomic mass is 10.1. The molecule has 1 amide bonds. The number of hydrogen-bond acceptors (Lipinski definition) is 4. The van der Waals surface area contributed by atoms with Crippen LogP contribution in [0.25, 0.3) is 11.0 Å². The number of fused-ring (bicyclic) bond motifs is 1. The van der Waals surface area contributed by atoms with Crippen molar-refractivity contribution in [3.63, 3.8) is 0 Å². The van der Waals surface area contributed by atoms with Gasteiger partial charge in [0.05, 0.1) is 35.6 Å². The number of aromatic nitrogens is 2. The number of rotatable bonds is 2. The first-order valence-electron chi connectivity index (χ1n) is 9.03. The highest BCUT2D eigenvalue weighted by Gasteiger charge is 2.28. The van der Waals surface area contributed by atoms with Crippen LogP contribution in [0.15, 0.2) is 40.9 Å². The Kier molecular flexibility index (Phi) is 5.12. The summed E-state index contributed by atoms with van der Waals surface area (Å²) in [5.74, 6) is -0.751. The van der Waals surface area contributed by atoms with E-state index in [0.717, 1.165) is 21.4 Å². The van der Waals surface area contributed by atoms with Gasteiger partial charge in [-0.1, -0.05) is 28.1 Å². The lowest BCUT2D eigenvalue weighted by molar-refractivity contribution is -0.0227. The van der Waals surface area contributed by atoms with Gasteiger partial charge in [0.1, 0.15) is 17.4 Å². The van der Waals surface area contributed by atoms with Crippen LogP contribution < -0.4 is 0 Å². The second kappa shape index (κ2) is 7.56. The zero-order valence-electron chi connectivity index (χ0n) is 15.6. The van der Waals surface area contributed by atoms with Crippen molar-refractivity contribution in [1.82, 2.24) is 14.9 Å². The molecule has 144 valence electrons. The molecule has 1 aliphatic rings. The SMILES string of the molecule is Cc1nc2cc(F)cc(C(=O)N3CCOC(c4ccc(Br)cc4)C3)c2nc1C. The summed E-state index contributed by atoms with van der Waals surface area (Å²) in [6, 6.07) is 10.4. The minimum atomic E-state index is -0.494.